The van der Waals surface area contributed by atoms with E-state index in [4.69, 9.17) is 14.0 Å². The summed E-state index contributed by atoms with van der Waals surface area (Å²) in [5.41, 5.74) is -0.919. The van der Waals surface area contributed by atoms with Crippen molar-refractivity contribution in [1.82, 2.24) is 4.90 Å². The van der Waals surface area contributed by atoms with Gasteiger partial charge in [-0.05, 0) is 27.2 Å². The second-order valence-electron chi connectivity index (χ2n) is 4.23. The molecule has 0 fully saturated rings. The van der Waals surface area contributed by atoms with E-state index in [0.717, 1.165) is 0 Å². The number of hydrogen-bond acceptors (Lipinski definition) is 3. The van der Waals surface area contributed by atoms with Gasteiger partial charge in [0.15, 0.2) is 0 Å². The average molecular weight is 232 g/mol. The van der Waals surface area contributed by atoms with E-state index in [1.54, 1.807) is 20.8 Å². The lowest BCUT2D eigenvalue weighted by atomic mass is 10.2. The third-order valence-corrected chi connectivity index (χ3v) is 1.58. The highest BCUT2D eigenvalue weighted by molar-refractivity contribution is 5.80. The van der Waals surface area contributed by atoms with Gasteiger partial charge in [0.1, 0.15) is 11.6 Å². The number of aliphatic carboxylic acids is 1. The van der Waals surface area contributed by atoms with E-state index in [1.807, 2.05) is 0 Å². The lowest BCUT2D eigenvalue weighted by Crippen LogP contribution is -2.44. The molecule has 0 unspecified atom stereocenters. The Morgan fingerprint density at radius 3 is 2.50 bits per heavy atom. The van der Waals surface area contributed by atoms with Gasteiger partial charge < -0.3 is 9.84 Å². The van der Waals surface area contributed by atoms with Gasteiger partial charge in [-0.1, -0.05) is 6.08 Å². The van der Waals surface area contributed by atoms with Crippen LogP contribution in [0.1, 0.15) is 31.3 Å². The van der Waals surface area contributed by atoms with Crippen molar-refractivity contribution in [3.63, 3.8) is 0 Å². The second kappa shape index (κ2) is 5.53. The highest BCUT2D eigenvalue weighted by atomic mass is 16.6. The van der Waals surface area contributed by atoms with Crippen LogP contribution in [-0.2, 0) is 9.53 Å². The van der Waals surface area contributed by atoms with E-state index in [2.05, 4.69) is 6.58 Å². The number of carbonyl (C=O) groups excluding carboxylic acids is 1. The first-order chi connectivity index (χ1) is 8.40. The summed E-state index contributed by atoms with van der Waals surface area (Å²) in [6, 6.07) is -1.54. The van der Waals surface area contributed by atoms with Gasteiger partial charge in [0, 0.05) is 11.1 Å². The Balaban J connectivity index is 5.37. The molecule has 0 aliphatic heterocycles. The van der Waals surface area contributed by atoms with Gasteiger partial charge in [0.05, 0.1) is 0 Å². The molecule has 1 N–H and O–H groups in total. The minimum atomic E-state index is -2.91. The third kappa shape index (κ3) is 4.82. The van der Waals surface area contributed by atoms with Crippen molar-refractivity contribution in [1.29, 1.82) is 0 Å². The number of amides is 1. The molecule has 0 saturated carbocycles. The number of carboxylic acid groups (broad SMARTS) is 1. The molecule has 1 atom stereocenters. The minimum absolute atomic E-state index is 0.188. The largest absolute Gasteiger partial charge is 0.480 e. The average Bonchev–Trinajstić information content (AvgIpc) is 2.11. The molecule has 0 bridgehead atoms. The van der Waals surface area contributed by atoms with Crippen molar-refractivity contribution in [3.05, 3.63) is 12.7 Å². The fourth-order valence-electron chi connectivity index (χ4n) is 0.913. The standard InChI is InChI=1S/C11H19NO4/c1-6-7-8(9(13)14)12(5)10(15)16-11(2,3)4/h6,8H,1,7H2,2-5H3,(H,13,14)/t8-/m0/s1/i5D3. The van der Waals surface area contributed by atoms with Crippen LogP contribution >= 0.6 is 0 Å². The molecule has 0 rings (SSSR count). The van der Waals surface area contributed by atoms with Gasteiger partial charge in [-0.3, -0.25) is 4.90 Å². The van der Waals surface area contributed by atoms with E-state index in [-0.39, 0.29) is 11.3 Å². The lowest BCUT2D eigenvalue weighted by molar-refractivity contribution is -0.142. The van der Waals surface area contributed by atoms with E-state index in [1.165, 1.54) is 6.08 Å². The zero-order chi connectivity index (χ0) is 15.4. The summed E-state index contributed by atoms with van der Waals surface area (Å²) in [6.45, 7) is 5.13. The van der Waals surface area contributed by atoms with Crippen molar-refractivity contribution in [2.45, 2.75) is 38.8 Å². The number of hydrogen-bond donors (Lipinski definition) is 1. The first kappa shape index (κ1) is 9.69. The fourth-order valence-corrected chi connectivity index (χ4v) is 0.913. The quantitative estimate of drug-likeness (QED) is 0.751. The van der Waals surface area contributed by atoms with Crippen LogP contribution in [0.25, 0.3) is 0 Å². The number of nitrogens with zero attached hydrogens (tertiary/aromatic N) is 1. The Kier molecular flexibility index (Phi) is 3.35. The van der Waals surface area contributed by atoms with Crippen LogP contribution in [-0.4, -0.2) is 40.7 Å². The number of rotatable bonds is 4. The summed E-state index contributed by atoms with van der Waals surface area (Å²) < 4.78 is 26.8. The molecule has 0 saturated heterocycles. The SMILES string of the molecule is [2H]C([2H])([2H])N(C(=O)OC(C)(C)C)[C@@H](CC=C)C(=O)O. The van der Waals surface area contributed by atoms with E-state index in [0.29, 0.717) is 0 Å². The van der Waals surface area contributed by atoms with E-state index >= 15 is 0 Å². The number of likely N-dealkylation sites (N-methyl/N-ethyl adjacent to an activating group) is 1. The van der Waals surface area contributed by atoms with Gasteiger partial charge in [-0.15, -0.1) is 6.58 Å². The van der Waals surface area contributed by atoms with Crippen molar-refractivity contribution in [3.8, 4) is 0 Å². The Bertz CT molecular complexity index is 360. The molecular weight excluding hydrogens is 210 g/mol. The first-order valence-corrected chi connectivity index (χ1v) is 4.76. The second-order valence-corrected chi connectivity index (χ2v) is 4.23. The Hall–Kier alpha value is -1.52. The molecule has 0 aliphatic carbocycles. The van der Waals surface area contributed by atoms with Crippen LogP contribution in [0, 0.1) is 0 Å². The summed E-state index contributed by atoms with van der Waals surface area (Å²) in [4.78, 5) is 23.2. The molecule has 0 aromatic heterocycles. The van der Waals surface area contributed by atoms with Crippen LogP contribution in [0.5, 0.6) is 0 Å². The van der Waals surface area contributed by atoms with Gasteiger partial charge in [0.2, 0.25) is 0 Å². The highest BCUT2D eigenvalue weighted by Crippen LogP contribution is 2.12. The maximum absolute atomic E-state index is 11.9. The topological polar surface area (TPSA) is 66.8 Å². The third-order valence-electron chi connectivity index (χ3n) is 1.58. The summed E-state index contributed by atoms with van der Waals surface area (Å²) in [5.74, 6) is -1.43. The van der Waals surface area contributed by atoms with Gasteiger partial charge in [-0.2, -0.15) is 0 Å². The van der Waals surface area contributed by atoms with Crippen LogP contribution in [0.4, 0.5) is 4.79 Å². The maximum atomic E-state index is 11.9. The number of carboxylic acids is 1. The summed E-state index contributed by atoms with van der Waals surface area (Å²) in [7, 11) is 0. The summed E-state index contributed by atoms with van der Waals surface area (Å²) in [6.07, 6.45) is -0.142. The predicted molar refractivity (Wildman–Crippen MR) is 60.2 cm³/mol. The molecule has 92 valence electrons. The Morgan fingerprint density at radius 1 is 1.62 bits per heavy atom. The molecule has 0 aromatic carbocycles. The first-order valence-electron chi connectivity index (χ1n) is 6.26. The summed E-state index contributed by atoms with van der Waals surface area (Å²) in [5, 5.41) is 9.04. The van der Waals surface area contributed by atoms with Gasteiger partial charge in [-0.25, -0.2) is 9.59 Å². The van der Waals surface area contributed by atoms with Crippen molar-refractivity contribution in [2.24, 2.45) is 0 Å². The minimum Gasteiger partial charge on any atom is -0.480 e. The molecule has 0 radical (unpaired) electrons. The smallest absolute Gasteiger partial charge is 0.410 e. The fraction of sp³-hybridized carbons (Fsp3) is 0.636. The van der Waals surface area contributed by atoms with Crippen LogP contribution in [0.3, 0.4) is 0 Å². The predicted octanol–water partition coefficient (Wildman–Crippen LogP) is 1.88. The molecule has 0 heterocycles. The van der Waals surface area contributed by atoms with Gasteiger partial charge >= 0.3 is 12.1 Å². The van der Waals surface area contributed by atoms with E-state index < -0.39 is 30.7 Å². The monoisotopic (exact) mass is 232 g/mol. The number of ether oxygens (including phenoxy) is 1. The van der Waals surface area contributed by atoms with Crippen LogP contribution < -0.4 is 0 Å². The van der Waals surface area contributed by atoms with Crippen molar-refractivity contribution < 1.29 is 23.5 Å². The van der Waals surface area contributed by atoms with Crippen molar-refractivity contribution in [2.75, 3.05) is 6.98 Å². The highest BCUT2D eigenvalue weighted by Gasteiger charge is 2.28. The molecule has 0 aromatic rings. The molecule has 5 heteroatoms. The summed E-state index contributed by atoms with van der Waals surface area (Å²) >= 11 is 0. The molecule has 0 spiro atoms. The zero-order valence-electron chi connectivity index (χ0n) is 12.7. The number of carbonyl (C=O) groups is 2. The molecule has 0 aliphatic rings. The zero-order valence-corrected chi connectivity index (χ0v) is 9.69. The van der Waals surface area contributed by atoms with E-state index in [9.17, 15) is 9.59 Å². The molecule has 5 nitrogen and oxygen atoms in total. The normalized spacial score (nSPS) is 16.3. The maximum Gasteiger partial charge on any atom is 0.410 e. The molecule has 16 heavy (non-hydrogen) atoms. The Morgan fingerprint density at radius 2 is 2.19 bits per heavy atom. The lowest BCUT2D eigenvalue weighted by Gasteiger charge is -2.27. The molecular formula is C11H19NO4. The van der Waals surface area contributed by atoms with Gasteiger partial charge in [0.25, 0.3) is 0 Å². The van der Waals surface area contributed by atoms with Crippen molar-refractivity contribution >= 4 is 12.1 Å². The Labute approximate surface area is 99.9 Å². The van der Waals surface area contributed by atoms with Crippen LogP contribution in [0.15, 0.2) is 12.7 Å². The molecule has 1 amide bonds. The van der Waals surface area contributed by atoms with Crippen LogP contribution in [0.2, 0.25) is 0 Å².